The van der Waals surface area contributed by atoms with Gasteiger partial charge in [0.2, 0.25) is 0 Å². The highest BCUT2D eigenvalue weighted by atomic mass is 16.5. The van der Waals surface area contributed by atoms with E-state index in [0.717, 1.165) is 11.1 Å². The van der Waals surface area contributed by atoms with Crippen molar-refractivity contribution in [2.45, 2.75) is 13.8 Å². The molecule has 0 atom stereocenters. The minimum absolute atomic E-state index is 0.0529. The van der Waals surface area contributed by atoms with Crippen molar-refractivity contribution in [2.24, 2.45) is 0 Å². The molecule has 2 rings (SSSR count). The van der Waals surface area contributed by atoms with Gasteiger partial charge in [-0.1, -0.05) is 17.7 Å². The Morgan fingerprint density at radius 1 is 1.08 bits per heavy atom. The van der Waals surface area contributed by atoms with Gasteiger partial charge in [0.15, 0.2) is 0 Å². The molecule has 0 saturated heterocycles. The van der Waals surface area contributed by atoms with Crippen LogP contribution in [0.5, 0.6) is 11.5 Å². The maximum Gasteiger partial charge on any atom is 0.267 e. The van der Waals surface area contributed by atoms with E-state index in [9.17, 15) is 10.1 Å². The van der Waals surface area contributed by atoms with Crippen LogP contribution in [-0.4, -0.2) is 20.1 Å². The molecule has 1 amide bonds. The van der Waals surface area contributed by atoms with E-state index in [4.69, 9.17) is 9.47 Å². The van der Waals surface area contributed by atoms with Crippen molar-refractivity contribution in [3.8, 4) is 17.6 Å². The molecule has 2 aromatic carbocycles. The highest BCUT2D eigenvalue weighted by Gasteiger charge is 2.11. The number of carbonyl (C=O) groups excluding carboxylic acids is 1. The molecule has 0 aliphatic heterocycles. The van der Waals surface area contributed by atoms with Crippen LogP contribution in [0.3, 0.4) is 0 Å². The lowest BCUT2D eigenvalue weighted by molar-refractivity contribution is -0.112. The zero-order chi connectivity index (χ0) is 19.1. The lowest BCUT2D eigenvalue weighted by Crippen LogP contribution is -2.15. The molecule has 0 fully saturated rings. The standard InChI is InChI=1S/C20H21N3O3/c1-13-5-7-17(14(2)9-13)23-20(24)15(11-21)12-22-18-8-6-16(25-3)10-19(18)26-4/h5-10,12,22H,1-4H3,(H,23,24)/b15-12-. The zero-order valence-corrected chi connectivity index (χ0v) is 15.2. The quantitative estimate of drug-likeness (QED) is 0.611. The van der Waals surface area contributed by atoms with Crippen LogP contribution in [-0.2, 0) is 4.79 Å². The number of hydrogen-bond acceptors (Lipinski definition) is 5. The fourth-order valence-corrected chi connectivity index (χ4v) is 2.36. The van der Waals surface area contributed by atoms with Gasteiger partial charge < -0.3 is 20.1 Å². The van der Waals surface area contributed by atoms with Crippen LogP contribution in [0.25, 0.3) is 0 Å². The summed E-state index contributed by atoms with van der Waals surface area (Å²) in [6, 6.07) is 12.8. The van der Waals surface area contributed by atoms with E-state index in [1.807, 2.05) is 38.1 Å². The molecule has 26 heavy (non-hydrogen) atoms. The van der Waals surface area contributed by atoms with E-state index < -0.39 is 5.91 Å². The minimum Gasteiger partial charge on any atom is -0.497 e. The largest absolute Gasteiger partial charge is 0.497 e. The molecule has 0 bridgehead atoms. The summed E-state index contributed by atoms with van der Waals surface area (Å²) >= 11 is 0. The molecule has 2 aromatic rings. The molecular formula is C20H21N3O3. The number of aryl methyl sites for hydroxylation is 2. The van der Waals surface area contributed by atoms with E-state index in [1.165, 1.54) is 13.3 Å². The fraction of sp³-hybridized carbons (Fsp3) is 0.200. The highest BCUT2D eigenvalue weighted by Crippen LogP contribution is 2.29. The van der Waals surface area contributed by atoms with Gasteiger partial charge in [-0.3, -0.25) is 4.79 Å². The van der Waals surface area contributed by atoms with Crippen molar-refractivity contribution >= 4 is 17.3 Å². The molecule has 0 heterocycles. The van der Waals surface area contributed by atoms with E-state index in [0.29, 0.717) is 22.9 Å². The first-order valence-electron chi connectivity index (χ1n) is 7.96. The second-order valence-corrected chi connectivity index (χ2v) is 5.65. The van der Waals surface area contributed by atoms with Gasteiger partial charge in [-0.05, 0) is 37.6 Å². The summed E-state index contributed by atoms with van der Waals surface area (Å²) in [4.78, 5) is 12.4. The number of methoxy groups -OCH3 is 2. The van der Waals surface area contributed by atoms with E-state index in [1.54, 1.807) is 25.3 Å². The van der Waals surface area contributed by atoms with Gasteiger partial charge >= 0.3 is 0 Å². The summed E-state index contributed by atoms with van der Waals surface area (Å²) in [5, 5.41) is 15.0. The summed E-state index contributed by atoms with van der Waals surface area (Å²) in [6.45, 7) is 3.88. The Hall–Kier alpha value is -3.46. The number of nitrogens with one attached hydrogen (secondary N) is 2. The number of ether oxygens (including phenoxy) is 2. The van der Waals surface area contributed by atoms with Gasteiger partial charge in [0.1, 0.15) is 23.1 Å². The molecule has 0 radical (unpaired) electrons. The predicted octanol–water partition coefficient (Wildman–Crippen LogP) is 3.78. The zero-order valence-electron chi connectivity index (χ0n) is 15.2. The van der Waals surface area contributed by atoms with E-state index in [2.05, 4.69) is 10.6 Å². The summed E-state index contributed by atoms with van der Waals surface area (Å²) < 4.78 is 10.4. The van der Waals surface area contributed by atoms with Gasteiger partial charge in [0.05, 0.1) is 19.9 Å². The Labute approximate surface area is 153 Å². The second kappa shape index (κ2) is 8.58. The predicted molar refractivity (Wildman–Crippen MR) is 101 cm³/mol. The van der Waals surface area contributed by atoms with Crippen molar-refractivity contribution in [2.75, 3.05) is 24.9 Å². The Morgan fingerprint density at radius 3 is 2.42 bits per heavy atom. The summed E-state index contributed by atoms with van der Waals surface area (Å²) in [6.07, 6.45) is 1.35. The van der Waals surface area contributed by atoms with Gasteiger partial charge in [-0.25, -0.2) is 0 Å². The average molecular weight is 351 g/mol. The lowest BCUT2D eigenvalue weighted by Gasteiger charge is -2.11. The minimum atomic E-state index is -0.487. The number of hydrogen-bond donors (Lipinski definition) is 2. The van der Waals surface area contributed by atoms with Crippen LogP contribution in [0.2, 0.25) is 0 Å². The topological polar surface area (TPSA) is 83.4 Å². The van der Waals surface area contributed by atoms with Crippen LogP contribution in [0.1, 0.15) is 11.1 Å². The Morgan fingerprint density at radius 2 is 1.81 bits per heavy atom. The molecule has 0 saturated carbocycles. The maximum atomic E-state index is 12.4. The summed E-state index contributed by atoms with van der Waals surface area (Å²) in [5.41, 5.74) is 3.26. The van der Waals surface area contributed by atoms with E-state index in [-0.39, 0.29) is 5.57 Å². The number of amides is 1. The van der Waals surface area contributed by atoms with Crippen LogP contribution < -0.4 is 20.1 Å². The smallest absolute Gasteiger partial charge is 0.267 e. The van der Waals surface area contributed by atoms with Crippen LogP contribution in [0.15, 0.2) is 48.2 Å². The van der Waals surface area contributed by atoms with Gasteiger partial charge in [-0.2, -0.15) is 5.26 Å². The van der Waals surface area contributed by atoms with Crippen molar-refractivity contribution in [1.82, 2.24) is 0 Å². The Bertz CT molecular complexity index is 882. The molecule has 0 aliphatic carbocycles. The molecule has 0 aliphatic rings. The van der Waals surface area contributed by atoms with Gasteiger partial charge in [0, 0.05) is 18.0 Å². The van der Waals surface area contributed by atoms with Crippen LogP contribution in [0, 0.1) is 25.2 Å². The van der Waals surface area contributed by atoms with Crippen molar-refractivity contribution in [1.29, 1.82) is 5.26 Å². The molecule has 2 N–H and O–H groups in total. The highest BCUT2D eigenvalue weighted by molar-refractivity contribution is 6.07. The summed E-state index contributed by atoms with van der Waals surface area (Å²) in [5.74, 6) is 0.691. The van der Waals surface area contributed by atoms with Crippen molar-refractivity contribution < 1.29 is 14.3 Å². The Kier molecular flexibility index (Phi) is 6.23. The lowest BCUT2D eigenvalue weighted by atomic mass is 10.1. The van der Waals surface area contributed by atoms with Gasteiger partial charge in [0.25, 0.3) is 5.91 Å². The first-order valence-corrected chi connectivity index (χ1v) is 7.96. The van der Waals surface area contributed by atoms with Gasteiger partial charge in [-0.15, -0.1) is 0 Å². The number of anilines is 2. The normalized spacial score (nSPS) is 10.7. The first-order chi connectivity index (χ1) is 12.5. The van der Waals surface area contributed by atoms with Crippen LogP contribution >= 0.6 is 0 Å². The monoisotopic (exact) mass is 351 g/mol. The number of rotatable bonds is 6. The summed E-state index contributed by atoms with van der Waals surface area (Å²) in [7, 11) is 3.09. The maximum absolute atomic E-state index is 12.4. The van der Waals surface area contributed by atoms with Crippen molar-refractivity contribution in [3.63, 3.8) is 0 Å². The second-order valence-electron chi connectivity index (χ2n) is 5.65. The average Bonchev–Trinajstić information content (AvgIpc) is 2.64. The number of nitrogens with zero attached hydrogens (tertiary/aromatic N) is 1. The molecule has 0 spiro atoms. The molecular weight excluding hydrogens is 330 g/mol. The third-order valence-corrected chi connectivity index (χ3v) is 3.78. The number of nitriles is 1. The first kappa shape index (κ1) is 18.9. The fourth-order valence-electron chi connectivity index (χ4n) is 2.36. The number of benzene rings is 2. The molecule has 6 nitrogen and oxygen atoms in total. The molecule has 6 heteroatoms. The third-order valence-electron chi connectivity index (χ3n) is 3.78. The molecule has 134 valence electrons. The molecule has 0 aromatic heterocycles. The van der Waals surface area contributed by atoms with E-state index >= 15 is 0 Å². The van der Waals surface area contributed by atoms with Crippen molar-refractivity contribution in [3.05, 3.63) is 59.3 Å². The number of carbonyl (C=O) groups is 1. The van der Waals surface area contributed by atoms with Crippen LogP contribution in [0.4, 0.5) is 11.4 Å². The Balaban J connectivity index is 2.17. The SMILES string of the molecule is COc1ccc(N/C=C(/C#N)C(=O)Nc2ccc(C)cc2C)c(OC)c1. The third kappa shape index (κ3) is 4.54. The molecule has 0 unspecified atom stereocenters.